The summed E-state index contributed by atoms with van der Waals surface area (Å²) in [4.78, 5) is 24.7. The van der Waals surface area contributed by atoms with E-state index >= 15 is 0 Å². The smallest absolute Gasteiger partial charge is 0.347 e. The molecule has 0 aliphatic heterocycles. The summed E-state index contributed by atoms with van der Waals surface area (Å²) in [5.74, 6) is 0.292. The van der Waals surface area contributed by atoms with Crippen LogP contribution in [0.25, 0.3) is 10.6 Å². The molecule has 0 atom stereocenters. The lowest BCUT2D eigenvalue weighted by molar-refractivity contribution is 0.0725. The first-order valence-corrected chi connectivity index (χ1v) is 10.9. The fourth-order valence-electron chi connectivity index (χ4n) is 2.66. The molecule has 156 valence electrons. The average Bonchev–Trinajstić information content (AvgIpc) is 3.29. The van der Waals surface area contributed by atoms with E-state index in [1.54, 1.807) is 24.3 Å². The lowest BCUT2D eigenvalue weighted by Crippen LogP contribution is -2.15. The van der Waals surface area contributed by atoms with Crippen molar-refractivity contribution in [3.63, 3.8) is 0 Å². The van der Waals surface area contributed by atoms with Crippen LogP contribution in [0.1, 0.15) is 16.1 Å². The van der Waals surface area contributed by atoms with Crippen molar-refractivity contribution in [3.05, 3.63) is 88.5 Å². The van der Waals surface area contributed by atoms with Gasteiger partial charge in [0, 0.05) is 11.6 Å². The van der Waals surface area contributed by atoms with Crippen LogP contribution in [0, 0.1) is 0 Å². The highest BCUT2D eigenvalue weighted by Gasteiger charge is 2.16. The molecule has 0 aliphatic rings. The Balaban J connectivity index is 1.41. The number of aromatic nitrogens is 2. The van der Waals surface area contributed by atoms with E-state index in [0.717, 1.165) is 21.2 Å². The van der Waals surface area contributed by atoms with Crippen LogP contribution < -0.4 is 14.9 Å². The zero-order chi connectivity index (χ0) is 21.6. The first-order valence-electron chi connectivity index (χ1n) is 9.12. The summed E-state index contributed by atoms with van der Waals surface area (Å²) in [6.45, 7) is 0. The van der Waals surface area contributed by atoms with Gasteiger partial charge < -0.3 is 13.9 Å². The number of ether oxygens (including phenoxy) is 2. The predicted octanol–water partition coefficient (Wildman–Crippen LogP) is 4.68. The topological polar surface area (TPSA) is 91.5 Å². The summed E-state index contributed by atoms with van der Waals surface area (Å²) in [5, 5.41) is 9.18. The number of esters is 1. The Bertz CT molecular complexity index is 1250. The summed E-state index contributed by atoms with van der Waals surface area (Å²) < 4.78 is 16.6. The van der Waals surface area contributed by atoms with Crippen LogP contribution in [0.4, 0.5) is 0 Å². The van der Waals surface area contributed by atoms with Gasteiger partial charge in [-0.3, -0.25) is 4.79 Å². The molecule has 9 heteroatoms. The van der Waals surface area contributed by atoms with Crippen molar-refractivity contribution in [2.24, 2.45) is 0 Å². The number of nitrogens with zero attached hydrogens (tertiary/aromatic N) is 2. The van der Waals surface area contributed by atoms with Crippen LogP contribution in [0.5, 0.6) is 11.5 Å². The first kappa shape index (κ1) is 20.8. The van der Waals surface area contributed by atoms with E-state index in [1.807, 2.05) is 30.3 Å². The van der Waals surface area contributed by atoms with E-state index in [4.69, 9.17) is 13.9 Å². The molecule has 2 heterocycles. The van der Waals surface area contributed by atoms with E-state index in [2.05, 4.69) is 10.2 Å². The van der Waals surface area contributed by atoms with Crippen molar-refractivity contribution < 1.29 is 18.7 Å². The van der Waals surface area contributed by atoms with Gasteiger partial charge in [0.1, 0.15) is 28.3 Å². The van der Waals surface area contributed by atoms with Gasteiger partial charge in [0.15, 0.2) is 4.34 Å². The number of para-hydroxylation sites is 1. The van der Waals surface area contributed by atoms with Gasteiger partial charge in [0.25, 0.3) is 0 Å². The third-order valence-electron chi connectivity index (χ3n) is 4.15. The van der Waals surface area contributed by atoms with Crippen molar-refractivity contribution in [2.45, 2.75) is 10.1 Å². The van der Waals surface area contributed by atoms with Crippen LogP contribution in [-0.4, -0.2) is 23.3 Å². The highest BCUT2D eigenvalue weighted by atomic mass is 32.2. The largest absolute Gasteiger partial charge is 0.496 e. The Morgan fingerprint density at radius 2 is 1.84 bits per heavy atom. The molecule has 4 aromatic rings. The van der Waals surface area contributed by atoms with Gasteiger partial charge in [0.05, 0.1) is 12.9 Å². The SMILES string of the molecule is COc1ccccc1C(=O)Oc1coc(CSc2nnc(-c3ccccc3)s2)cc1=O. The van der Waals surface area contributed by atoms with Crippen molar-refractivity contribution in [1.82, 2.24) is 10.2 Å². The summed E-state index contributed by atoms with van der Waals surface area (Å²) >= 11 is 2.87. The number of carbonyl (C=O) groups excluding carboxylic acids is 1. The molecule has 4 rings (SSSR count). The van der Waals surface area contributed by atoms with E-state index in [-0.39, 0.29) is 11.3 Å². The Morgan fingerprint density at radius 3 is 2.61 bits per heavy atom. The number of hydrogen-bond acceptors (Lipinski definition) is 9. The highest BCUT2D eigenvalue weighted by Crippen LogP contribution is 2.31. The van der Waals surface area contributed by atoms with Crippen LogP contribution in [0.3, 0.4) is 0 Å². The molecule has 0 fully saturated rings. The average molecular weight is 453 g/mol. The predicted molar refractivity (Wildman–Crippen MR) is 118 cm³/mol. The lowest BCUT2D eigenvalue weighted by atomic mass is 10.2. The van der Waals surface area contributed by atoms with E-state index in [0.29, 0.717) is 17.3 Å². The van der Waals surface area contributed by atoms with Gasteiger partial charge in [0.2, 0.25) is 11.2 Å². The van der Waals surface area contributed by atoms with Crippen LogP contribution in [0.2, 0.25) is 0 Å². The number of benzene rings is 2. The quantitative estimate of drug-likeness (QED) is 0.295. The number of methoxy groups -OCH3 is 1. The standard InChI is InChI=1S/C22H16N2O5S2/c1-27-18-10-6-5-9-16(18)21(26)29-19-12-28-15(11-17(19)25)13-30-22-24-23-20(31-22)14-7-3-2-4-8-14/h2-12H,13H2,1H3. The minimum atomic E-state index is -0.700. The Kier molecular flexibility index (Phi) is 6.44. The van der Waals surface area contributed by atoms with Crippen LogP contribution in [-0.2, 0) is 5.75 Å². The number of rotatable bonds is 7. The second kappa shape index (κ2) is 9.59. The van der Waals surface area contributed by atoms with Gasteiger partial charge in [-0.15, -0.1) is 10.2 Å². The summed E-state index contributed by atoms with van der Waals surface area (Å²) in [6, 6.07) is 17.7. The molecule has 0 saturated heterocycles. The summed E-state index contributed by atoms with van der Waals surface area (Å²) in [7, 11) is 1.45. The minimum Gasteiger partial charge on any atom is -0.496 e. The molecule has 0 saturated carbocycles. The summed E-state index contributed by atoms with van der Waals surface area (Å²) in [6.07, 6.45) is 1.14. The number of hydrogen-bond donors (Lipinski definition) is 0. The molecule has 0 unspecified atom stereocenters. The Morgan fingerprint density at radius 1 is 1.06 bits per heavy atom. The normalized spacial score (nSPS) is 10.6. The molecule has 2 aromatic heterocycles. The molecule has 0 spiro atoms. The molecular formula is C22H16N2O5S2. The molecule has 0 radical (unpaired) electrons. The molecule has 0 bridgehead atoms. The maximum atomic E-state index is 12.4. The maximum absolute atomic E-state index is 12.4. The van der Waals surface area contributed by atoms with E-state index in [1.165, 1.54) is 36.3 Å². The first-order chi connectivity index (χ1) is 15.1. The fourth-order valence-corrected chi connectivity index (χ4v) is 4.40. The monoisotopic (exact) mass is 452 g/mol. The second-order valence-electron chi connectivity index (χ2n) is 6.19. The molecule has 7 nitrogen and oxygen atoms in total. The van der Waals surface area contributed by atoms with Crippen molar-refractivity contribution in [3.8, 4) is 22.1 Å². The molecule has 0 amide bonds. The third kappa shape index (κ3) is 5.01. The van der Waals surface area contributed by atoms with Gasteiger partial charge in [-0.1, -0.05) is 65.6 Å². The third-order valence-corrected chi connectivity index (χ3v) is 6.27. The lowest BCUT2D eigenvalue weighted by Gasteiger charge is -2.07. The fraction of sp³-hybridized carbons (Fsp3) is 0.0909. The molecule has 31 heavy (non-hydrogen) atoms. The molecular weight excluding hydrogens is 436 g/mol. The number of carbonyl (C=O) groups is 1. The highest BCUT2D eigenvalue weighted by molar-refractivity contribution is 8.00. The van der Waals surface area contributed by atoms with Gasteiger partial charge in [-0.25, -0.2) is 4.79 Å². The Labute approximate surface area is 185 Å². The zero-order valence-corrected chi connectivity index (χ0v) is 17.9. The van der Waals surface area contributed by atoms with Gasteiger partial charge in [-0.2, -0.15) is 0 Å². The maximum Gasteiger partial charge on any atom is 0.347 e. The number of thioether (sulfide) groups is 1. The summed E-state index contributed by atoms with van der Waals surface area (Å²) in [5.41, 5.74) is 0.765. The zero-order valence-electron chi connectivity index (χ0n) is 16.3. The van der Waals surface area contributed by atoms with Crippen molar-refractivity contribution >= 4 is 29.1 Å². The minimum absolute atomic E-state index is 0.188. The van der Waals surface area contributed by atoms with Gasteiger partial charge >= 0.3 is 5.97 Å². The van der Waals surface area contributed by atoms with Crippen molar-refractivity contribution in [1.29, 1.82) is 0 Å². The van der Waals surface area contributed by atoms with Crippen LogP contribution >= 0.6 is 23.1 Å². The van der Waals surface area contributed by atoms with Gasteiger partial charge in [-0.05, 0) is 12.1 Å². The van der Waals surface area contributed by atoms with E-state index < -0.39 is 11.4 Å². The molecule has 2 aromatic carbocycles. The second-order valence-corrected chi connectivity index (χ2v) is 8.39. The molecule has 0 aliphatic carbocycles. The van der Waals surface area contributed by atoms with Crippen LogP contribution in [0.15, 0.2) is 80.5 Å². The van der Waals surface area contributed by atoms with E-state index in [9.17, 15) is 9.59 Å². The van der Waals surface area contributed by atoms with Crippen molar-refractivity contribution in [2.75, 3.05) is 7.11 Å². The molecule has 0 N–H and O–H groups in total. The Hall–Kier alpha value is -3.43.